The van der Waals surface area contributed by atoms with Crippen molar-refractivity contribution in [1.82, 2.24) is 15.2 Å². The maximum Gasteiger partial charge on any atom is 0.417 e. The Bertz CT molecular complexity index is 1820. The number of hydrogen-bond donors (Lipinski definition) is 2. The molecule has 0 spiro atoms. The summed E-state index contributed by atoms with van der Waals surface area (Å²) in [5, 5.41) is 27.8. The van der Waals surface area contributed by atoms with Crippen molar-refractivity contribution in [3.8, 4) is 11.8 Å². The zero-order valence-corrected chi connectivity index (χ0v) is 38.1. The van der Waals surface area contributed by atoms with Crippen molar-refractivity contribution in [2.24, 2.45) is 11.0 Å². The van der Waals surface area contributed by atoms with Crippen molar-refractivity contribution < 1.29 is 27.9 Å². The molecule has 0 saturated heterocycles. The molecule has 1 atom stereocenters. The molecule has 1 unspecified atom stereocenters. The molecule has 1 amide bonds. The molecule has 8 nitrogen and oxygen atoms in total. The van der Waals surface area contributed by atoms with Crippen LogP contribution in [-0.2, 0) is 15.8 Å². The van der Waals surface area contributed by atoms with Gasteiger partial charge in [0.25, 0.3) is 5.91 Å². The molecule has 12 heteroatoms. The first-order valence-electron chi connectivity index (χ1n) is 21.1. The maximum absolute atomic E-state index is 12.9. The number of carbonyl (C=O) groups is 2. The summed E-state index contributed by atoms with van der Waals surface area (Å²) in [7, 11) is 0. The Kier molecular flexibility index (Phi) is 22.4. The number of thiocarbonyl (C=S) groups is 1. The summed E-state index contributed by atoms with van der Waals surface area (Å²) in [6.07, 6.45) is 6.97. The minimum absolute atomic E-state index is 0.0850. The first-order chi connectivity index (χ1) is 27.9. The molecule has 2 aliphatic carbocycles. The Morgan fingerprint density at radius 1 is 1.10 bits per heavy atom. The third-order valence-electron chi connectivity index (χ3n) is 10.5. The number of hydrazone groups is 1. The largest absolute Gasteiger partial charge is 0.507 e. The second kappa shape index (κ2) is 25.2. The molecule has 2 aromatic carbocycles. The van der Waals surface area contributed by atoms with Crippen LogP contribution in [0.15, 0.2) is 65.0 Å². The quantitative estimate of drug-likeness (QED) is 0.171. The van der Waals surface area contributed by atoms with Gasteiger partial charge in [-0.3, -0.25) is 9.59 Å². The lowest BCUT2D eigenvalue weighted by molar-refractivity contribution is -0.138. The molecule has 5 rings (SSSR count). The van der Waals surface area contributed by atoms with Gasteiger partial charge in [-0.2, -0.15) is 18.4 Å². The number of aromatic hydroxyl groups is 1. The zero-order valence-electron chi connectivity index (χ0n) is 37.3. The molecule has 2 aromatic rings. The van der Waals surface area contributed by atoms with Crippen molar-refractivity contribution in [3.63, 3.8) is 0 Å². The van der Waals surface area contributed by atoms with Crippen LogP contribution in [0.5, 0.6) is 5.75 Å². The Hall–Kier alpha value is -4.50. The van der Waals surface area contributed by atoms with E-state index in [1.165, 1.54) is 50.3 Å². The van der Waals surface area contributed by atoms with Gasteiger partial charge in [0.15, 0.2) is 11.6 Å². The van der Waals surface area contributed by atoms with Crippen LogP contribution in [0, 0.1) is 31.1 Å². The number of carbonyl (C=O) groups excluding carboxylic acids is 2. The van der Waals surface area contributed by atoms with Gasteiger partial charge in [0.1, 0.15) is 11.4 Å². The number of nitrogens with zero attached hydrogens (tertiary/aromatic N) is 4. The lowest BCUT2D eigenvalue weighted by Crippen LogP contribution is -2.62. The van der Waals surface area contributed by atoms with Crippen LogP contribution in [0.3, 0.4) is 0 Å². The van der Waals surface area contributed by atoms with Crippen molar-refractivity contribution in [2.75, 3.05) is 0 Å². The molecule has 0 aromatic heterocycles. The standard InChI is InChI=1S/C21H29N3O2.C12H19NOS.C9H6F3N.C3H8.C2H6/c1-7-9-15(5)24-19(16(6)14(4)8-2)21(26)22-20(23-24)17-12-13(3)10-11-18(17)25;1-2-11(14)12(7-4-8-12)13(9-15)10-5-3-6-10;1-6-2-3-7(5-13)8(4-6)9(10,11)12;1-3-2;1-2/h10-12,14,25H,5,7-9H2,1-4,6H3,(H,22,23,26);9-10H,2-8H2,1H3;2-4H,1H3;3H2,1-2H3;1-2H3/b19-16-;;;;. The molecular formula is C47H68F3N5O3S. The number of amidine groups is 1. The molecule has 2 fully saturated rings. The van der Waals surface area contributed by atoms with Crippen molar-refractivity contribution in [3.05, 3.63) is 87.8 Å². The smallest absolute Gasteiger partial charge is 0.417 e. The Balaban J connectivity index is 0.000000448. The van der Waals surface area contributed by atoms with Crippen molar-refractivity contribution >= 4 is 35.2 Å². The van der Waals surface area contributed by atoms with E-state index in [4.69, 9.17) is 17.5 Å². The second-order valence-electron chi connectivity index (χ2n) is 15.0. The minimum atomic E-state index is -4.45. The number of benzene rings is 2. The monoisotopic (exact) mass is 839 g/mol. The summed E-state index contributed by atoms with van der Waals surface area (Å²) < 4.78 is 36.8. The van der Waals surface area contributed by atoms with E-state index < -0.39 is 11.7 Å². The van der Waals surface area contributed by atoms with Gasteiger partial charge in [0, 0.05) is 18.2 Å². The van der Waals surface area contributed by atoms with Gasteiger partial charge < -0.3 is 15.3 Å². The van der Waals surface area contributed by atoms with Crippen LogP contribution in [0.4, 0.5) is 13.2 Å². The molecule has 326 valence electrons. The van der Waals surface area contributed by atoms with E-state index in [2.05, 4.69) is 56.5 Å². The molecule has 2 N–H and O–H groups in total. The highest BCUT2D eigenvalue weighted by Crippen LogP contribution is 2.43. The number of amides is 1. The van der Waals surface area contributed by atoms with E-state index in [1.807, 2.05) is 46.8 Å². The van der Waals surface area contributed by atoms with E-state index in [0.717, 1.165) is 55.0 Å². The topological polar surface area (TPSA) is 109 Å². The number of nitriles is 1. The summed E-state index contributed by atoms with van der Waals surface area (Å²) >= 11 is 5.11. The SMILES string of the molecule is C=C(CCC)N1N=C(c2cc(C)ccc2O)NC(=O)/C1=C(\C)C(C)CC.CC.CCC.CCC(=O)C1(N(C=S)C2CCC2)CCC1.Cc1ccc(C#N)c(C(F)(F)F)c1. The minimum Gasteiger partial charge on any atom is -0.507 e. The number of nitrogens with one attached hydrogen (secondary N) is 1. The van der Waals surface area contributed by atoms with Gasteiger partial charge in [-0.1, -0.05) is 110 Å². The molecular weight excluding hydrogens is 772 g/mol. The van der Waals surface area contributed by atoms with E-state index in [9.17, 15) is 27.9 Å². The number of alkyl halides is 3. The average Bonchev–Trinajstić information content (AvgIpc) is 3.17. The van der Waals surface area contributed by atoms with Gasteiger partial charge in [-0.25, -0.2) is 5.01 Å². The molecule has 0 bridgehead atoms. The number of phenolic OH excluding ortho intramolecular Hbond substituents is 1. The van der Waals surface area contributed by atoms with E-state index in [1.54, 1.807) is 23.5 Å². The van der Waals surface area contributed by atoms with Gasteiger partial charge in [0.05, 0.1) is 33.8 Å². The predicted molar refractivity (Wildman–Crippen MR) is 239 cm³/mol. The van der Waals surface area contributed by atoms with Gasteiger partial charge in [0.2, 0.25) is 0 Å². The summed E-state index contributed by atoms with van der Waals surface area (Å²) in [4.78, 5) is 27.2. The van der Waals surface area contributed by atoms with E-state index >= 15 is 0 Å². The highest BCUT2D eigenvalue weighted by molar-refractivity contribution is 7.78. The van der Waals surface area contributed by atoms with Crippen molar-refractivity contribution in [1.29, 1.82) is 5.26 Å². The van der Waals surface area contributed by atoms with Crippen LogP contribution in [-0.4, -0.2) is 49.6 Å². The number of hydrogen-bond acceptors (Lipinski definition) is 7. The van der Waals surface area contributed by atoms with Crippen molar-refractivity contribution in [2.45, 2.75) is 165 Å². The van der Waals surface area contributed by atoms with Crippen LogP contribution in [0.25, 0.3) is 0 Å². The number of Topliss-reactive ketones (excluding diaryl/α,β-unsaturated/α-hetero) is 1. The van der Waals surface area contributed by atoms with Gasteiger partial charge in [-0.15, -0.1) is 5.10 Å². The molecule has 1 heterocycles. The molecule has 59 heavy (non-hydrogen) atoms. The van der Waals surface area contributed by atoms with E-state index in [-0.39, 0.29) is 28.7 Å². The predicted octanol–water partition coefficient (Wildman–Crippen LogP) is 12.5. The lowest BCUT2D eigenvalue weighted by atomic mass is 9.70. The fourth-order valence-electron chi connectivity index (χ4n) is 6.62. The third-order valence-corrected chi connectivity index (χ3v) is 10.8. The summed E-state index contributed by atoms with van der Waals surface area (Å²) in [5.74, 6) is 0.862. The number of phenols is 1. The van der Waals surface area contributed by atoms with E-state index in [0.29, 0.717) is 40.9 Å². The van der Waals surface area contributed by atoms with Crippen LogP contribution < -0.4 is 5.32 Å². The summed E-state index contributed by atoms with van der Waals surface area (Å²) in [6, 6.07) is 10.9. The number of rotatable bonds is 11. The molecule has 2 saturated carbocycles. The molecule has 1 aliphatic heterocycles. The first-order valence-corrected chi connectivity index (χ1v) is 21.6. The third kappa shape index (κ3) is 14.0. The number of allylic oxidation sites excluding steroid dienone is 2. The fraction of sp³-hybridized carbons (Fsp3) is 0.553. The Labute approximate surface area is 357 Å². The lowest BCUT2D eigenvalue weighted by Gasteiger charge is -2.53. The van der Waals surface area contributed by atoms with Gasteiger partial charge >= 0.3 is 6.18 Å². The second-order valence-corrected chi connectivity index (χ2v) is 15.2. The first kappa shape index (κ1) is 52.5. The molecule has 0 radical (unpaired) electrons. The average molecular weight is 840 g/mol. The van der Waals surface area contributed by atoms with Crippen LogP contribution in [0.1, 0.15) is 161 Å². The number of aryl methyl sites for hydroxylation is 2. The van der Waals surface area contributed by atoms with Crippen LogP contribution >= 0.6 is 12.2 Å². The highest BCUT2D eigenvalue weighted by atomic mass is 32.1. The molecule has 3 aliphatic rings. The zero-order chi connectivity index (χ0) is 45.1. The Morgan fingerprint density at radius 2 is 1.68 bits per heavy atom. The van der Waals surface area contributed by atoms with Gasteiger partial charge in [-0.05, 0) is 108 Å². The Morgan fingerprint density at radius 3 is 2.12 bits per heavy atom. The summed E-state index contributed by atoms with van der Waals surface area (Å²) in [5.41, 5.74) is 4.62. The summed E-state index contributed by atoms with van der Waals surface area (Å²) in [6.45, 7) is 26.1. The highest BCUT2D eigenvalue weighted by Gasteiger charge is 2.49. The maximum atomic E-state index is 12.9. The fourth-order valence-corrected chi connectivity index (χ4v) is 6.99. The number of ketones is 1. The normalized spacial score (nSPS) is 16.6. The number of halogens is 3. The van der Waals surface area contributed by atoms with Crippen LogP contribution in [0.2, 0.25) is 0 Å².